The second kappa shape index (κ2) is 19.3. The number of hydrogen-bond acceptors (Lipinski definition) is 7. The first-order chi connectivity index (χ1) is 11.3. The molecule has 138 valence electrons. The molecule has 0 bridgehead atoms. The molecule has 0 aromatic carbocycles. The monoisotopic (exact) mass is 336 g/mol. The molecule has 0 aromatic rings. The third-order valence-corrected chi connectivity index (χ3v) is 3.15. The summed E-state index contributed by atoms with van der Waals surface area (Å²) in [7, 11) is 0. The minimum absolute atomic E-state index is 0.424. The topological polar surface area (TPSA) is 64.6 Å². The summed E-state index contributed by atoms with van der Waals surface area (Å²) in [6.07, 6.45) is 14.1. The van der Waals surface area contributed by atoms with Crippen molar-refractivity contribution in [3.8, 4) is 0 Å². The molecule has 7 nitrogen and oxygen atoms in total. The van der Waals surface area contributed by atoms with Crippen LogP contribution in [0.3, 0.4) is 0 Å². The van der Waals surface area contributed by atoms with Crippen molar-refractivity contribution in [1.29, 1.82) is 0 Å². The standard InChI is InChI=1S/C16H32O7/c1-4-14-17-19-21-23-22-20-18-15-12-10-8-6-5-7-9-11-13-16(2)3/h4,14,16H,5-13,15H2,1-3H3. The van der Waals surface area contributed by atoms with Crippen LogP contribution in [0.5, 0.6) is 0 Å². The molecule has 0 N–H and O–H groups in total. The maximum Gasteiger partial charge on any atom is 0.128 e. The Morgan fingerprint density at radius 3 is 1.91 bits per heavy atom. The molecule has 0 spiro atoms. The van der Waals surface area contributed by atoms with Crippen LogP contribution in [-0.2, 0) is 35.0 Å². The van der Waals surface area contributed by atoms with Crippen LogP contribution in [0.1, 0.15) is 78.6 Å². The van der Waals surface area contributed by atoms with Gasteiger partial charge in [-0.05, 0) is 35.4 Å². The maximum atomic E-state index is 4.71. The van der Waals surface area contributed by atoms with E-state index in [1.165, 1.54) is 51.2 Å². The van der Waals surface area contributed by atoms with Crippen LogP contribution >= 0.6 is 0 Å². The van der Waals surface area contributed by atoms with Crippen LogP contribution < -0.4 is 0 Å². The Morgan fingerprint density at radius 1 is 0.696 bits per heavy atom. The lowest BCUT2D eigenvalue weighted by atomic mass is 10.0. The lowest BCUT2D eigenvalue weighted by Gasteiger charge is -2.04. The van der Waals surface area contributed by atoms with Gasteiger partial charge >= 0.3 is 0 Å². The van der Waals surface area contributed by atoms with E-state index in [4.69, 9.17) is 4.89 Å². The van der Waals surface area contributed by atoms with Crippen molar-refractivity contribution in [2.75, 3.05) is 6.61 Å². The van der Waals surface area contributed by atoms with Gasteiger partial charge in [0.15, 0.2) is 0 Å². The number of allylic oxidation sites excluding steroid dienone is 1. The second-order valence-electron chi connectivity index (χ2n) is 5.74. The second-order valence-corrected chi connectivity index (χ2v) is 5.74. The summed E-state index contributed by atoms with van der Waals surface area (Å²) in [5.41, 5.74) is 0. The summed E-state index contributed by atoms with van der Waals surface area (Å²) < 4.78 is 0. The third-order valence-electron chi connectivity index (χ3n) is 3.15. The van der Waals surface area contributed by atoms with Crippen molar-refractivity contribution in [3.63, 3.8) is 0 Å². The van der Waals surface area contributed by atoms with Crippen molar-refractivity contribution < 1.29 is 35.0 Å². The van der Waals surface area contributed by atoms with Crippen molar-refractivity contribution in [2.24, 2.45) is 5.92 Å². The first kappa shape index (κ1) is 22.3. The Bertz CT molecular complexity index is 247. The van der Waals surface area contributed by atoms with E-state index in [0.717, 1.165) is 18.8 Å². The van der Waals surface area contributed by atoms with Crippen LogP contribution in [0.4, 0.5) is 0 Å². The fourth-order valence-electron chi connectivity index (χ4n) is 1.96. The molecule has 0 aliphatic heterocycles. The predicted octanol–water partition coefficient (Wildman–Crippen LogP) is 5.29. The van der Waals surface area contributed by atoms with Gasteiger partial charge in [-0.25, -0.2) is 4.89 Å². The fourth-order valence-corrected chi connectivity index (χ4v) is 1.96. The maximum absolute atomic E-state index is 4.71. The summed E-state index contributed by atoms with van der Waals surface area (Å²) >= 11 is 0. The van der Waals surface area contributed by atoms with Crippen LogP contribution in [0, 0.1) is 5.92 Å². The van der Waals surface area contributed by atoms with E-state index in [1.807, 2.05) is 0 Å². The molecular formula is C16H32O7. The van der Waals surface area contributed by atoms with Crippen LogP contribution in [0.2, 0.25) is 0 Å². The van der Waals surface area contributed by atoms with Gasteiger partial charge in [0, 0.05) is 15.1 Å². The van der Waals surface area contributed by atoms with E-state index in [9.17, 15) is 0 Å². The minimum Gasteiger partial charge on any atom is -0.314 e. The van der Waals surface area contributed by atoms with E-state index in [0.29, 0.717) is 6.61 Å². The largest absolute Gasteiger partial charge is 0.314 e. The van der Waals surface area contributed by atoms with Crippen molar-refractivity contribution in [2.45, 2.75) is 78.6 Å². The number of hydrogen-bond donors (Lipinski definition) is 0. The average molecular weight is 336 g/mol. The van der Waals surface area contributed by atoms with Gasteiger partial charge < -0.3 is 4.89 Å². The molecule has 0 saturated heterocycles. The lowest BCUT2D eigenvalue weighted by Crippen LogP contribution is -2.01. The Labute approximate surface area is 139 Å². The quantitative estimate of drug-likeness (QED) is 0.146. The van der Waals surface area contributed by atoms with E-state index >= 15 is 0 Å². The SMILES string of the molecule is CC=COOOOOOOCCCCCCCCCCC(C)C. The van der Waals surface area contributed by atoms with Gasteiger partial charge in [0.05, 0.1) is 6.61 Å². The molecule has 0 radical (unpaired) electrons. The minimum atomic E-state index is 0.424. The Morgan fingerprint density at radius 2 is 1.26 bits per heavy atom. The average Bonchev–Trinajstić information content (AvgIpc) is 2.53. The number of rotatable bonds is 18. The van der Waals surface area contributed by atoms with Crippen molar-refractivity contribution in [3.05, 3.63) is 12.3 Å². The molecule has 7 heteroatoms. The fraction of sp³-hybridized carbons (Fsp3) is 0.875. The van der Waals surface area contributed by atoms with Gasteiger partial charge in [0.1, 0.15) is 6.26 Å². The molecule has 0 unspecified atom stereocenters. The van der Waals surface area contributed by atoms with Gasteiger partial charge in [-0.1, -0.05) is 65.2 Å². The van der Waals surface area contributed by atoms with Crippen molar-refractivity contribution in [1.82, 2.24) is 0 Å². The smallest absolute Gasteiger partial charge is 0.128 e. The van der Waals surface area contributed by atoms with Crippen LogP contribution in [0.25, 0.3) is 0 Å². The Balaban J connectivity index is 2.97. The molecule has 0 aliphatic rings. The highest BCUT2D eigenvalue weighted by atomic mass is 17.9. The molecule has 0 rings (SSSR count). The van der Waals surface area contributed by atoms with E-state index < -0.39 is 0 Å². The highest BCUT2D eigenvalue weighted by molar-refractivity contribution is 4.62. The first-order valence-corrected chi connectivity index (χ1v) is 8.50. The molecular weight excluding hydrogens is 304 g/mol. The van der Waals surface area contributed by atoms with Gasteiger partial charge in [0.2, 0.25) is 0 Å². The molecule has 0 fully saturated rings. The van der Waals surface area contributed by atoms with E-state index in [1.54, 1.807) is 13.0 Å². The van der Waals surface area contributed by atoms with Gasteiger partial charge in [-0.3, -0.25) is 0 Å². The summed E-state index contributed by atoms with van der Waals surface area (Å²) in [6.45, 7) is 6.73. The Kier molecular flexibility index (Phi) is 18.8. The van der Waals surface area contributed by atoms with Crippen LogP contribution in [0.15, 0.2) is 12.3 Å². The summed E-state index contributed by atoms with van der Waals surface area (Å²) in [5.74, 6) is 0.831. The van der Waals surface area contributed by atoms with Crippen molar-refractivity contribution >= 4 is 0 Å². The zero-order chi connectivity index (χ0) is 17.0. The molecule has 0 amide bonds. The zero-order valence-electron chi connectivity index (χ0n) is 14.7. The normalized spacial score (nSPS) is 11.7. The highest BCUT2D eigenvalue weighted by Crippen LogP contribution is 2.12. The summed E-state index contributed by atoms with van der Waals surface area (Å²) in [6, 6.07) is 0. The lowest BCUT2D eigenvalue weighted by molar-refractivity contribution is -0.786. The number of unbranched alkanes of at least 4 members (excludes halogenated alkanes) is 7. The van der Waals surface area contributed by atoms with E-state index in [-0.39, 0.29) is 0 Å². The molecule has 23 heavy (non-hydrogen) atoms. The molecule has 0 aliphatic carbocycles. The first-order valence-electron chi connectivity index (χ1n) is 8.50. The van der Waals surface area contributed by atoms with Crippen LogP contribution in [-0.4, -0.2) is 6.61 Å². The van der Waals surface area contributed by atoms with Gasteiger partial charge in [-0.2, -0.15) is 0 Å². The molecule has 0 aromatic heterocycles. The highest BCUT2D eigenvalue weighted by Gasteiger charge is 1.97. The predicted molar refractivity (Wildman–Crippen MR) is 83.7 cm³/mol. The summed E-state index contributed by atoms with van der Waals surface area (Å²) in [4.78, 5) is 9.01. The van der Waals surface area contributed by atoms with Gasteiger partial charge in [0.25, 0.3) is 0 Å². The summed E-state index contributed by atoms with van der Waals surface area (Å²) in [5, 5.41) is 20.2. The third kappa shape index (κ3) is 21.3. The molecule has 0 atom stereocenters. The zero-order valence-corrected chi connectivity index (χ0v) is 14.7. The Hall–Kier alpha value is -0.700. The molecule has 0 heterocycles. The van der Waals surface area contributed by atoms with E-state index in [2.05, 4.69) is 43.9 Å². The molecule has 0 saturated carbocycles. The van der Waals surface area contributed by atoms with Gasteiger partial charge in [-0.15, -0.1) is 0 Å².